The van der Waals surface area contributed by atoms with Crippen LogP contribution < -0.4 is 0 Å². The Kier molecular flexibility index (Phi) is 3.58. The quantitative estimate of drug-likeness (QED) is 0.783. The first-order chi connectivity index (χ1) is 7.74. The van der Waals surface area contributed by atoms with Gasteiger partial charge in [-0.1, -0.05) is 12.1 Å². The van der Waals surface area contributed by atoms with Crippen LogP contribution in [-0.2, 0) is 14.2 Å². The highest BCUT2D eigenvalue weighted by atomic mass is 79.9. The lowest BCUT2D eigenvalue weighted by Gasteiger charge is -2.13. The van der Waals surface area contributed by atoms with E-state index >= 15 is 0 Å². The summed E-state index contributed by atoms with van der Waals surface area (Å²) < 4.78 is 16.1. The molecule has 1 aliphatic heterocycles. The number of hydrogen-bond acceptors (Lipinski definition) is 4. The number of halogens is 1. The molecule has 1 heterocycles. The van der Waals surface area contributed by atoms with Crippen molar-refractivity contribution in [3.05, 3.63) is 33.8 Å². The summed E-state index contributed by atoms with van der Waals surface area (Å²) in [5, 5.41) is 0. The van der Waals surface area contributed by atoms with E-state index in [1.54, 1.807) is 12.1 Å². The van der Waals surface area contributed by atoms with Crippen molar-refractivity contribution in [3.8, 4) is 0 Å². The van der Waals surface area contributed by atoms with Gasteiger partial charge in [-0.05, 0) is 22.0 Å². The fraction of sp³-hybridized carbons (Fsp3) is 0.364. The number of hydrogen-bond donors (Lipinski definition) is 0. The molecule has 0 N–H and O–H groups in total. The summed E-state index contributed by atoms with van der Waals surface area (Å²) in [6, 6.07) is 5.32. The summed E-state index contributed by atoms with van der Waals surface area (Å²) >= 11 is 3.37. The normalized spacial score (nSPS) is 16.4. The molecule has 0 amide bonds. The summed E-state index contributed by atoms with van der Waals surface area (Å²) in [5.41, 5.74) is 1.28. The zero-order valence-electron chi connectivity index (χ0n) is 8.73. The van der Waals surface area contributed by atoms with E-state index in [1.807, 2.05) is 6.07 Å². The predicted octanol–water partition coefficient (Wildman–Crippen LogP) is 2.28. The van der Waals surface area contributed by atoms with Crippen LogP contribution in [0.5, 0.6) is 0 Å². The number of benzene rings is 1. The number of rotatable bonds is 2. The zero-order valence-corrected chi connectivity index (χ0v) is 10.3. The molecular formula is C11H11BrO4. The summed E-state index contributed by atoms with van der Waals surface area (Å²) in [6.45, 7) is 1.14. The molecule has 1 aromatic carbocycles. The van der Waals surface area contributed by atoms with Gasteiger partial charge in [-0.2, -0.15) is 0 Å². The van der Waals surface area contributed by atoms with Crippen LogP contribution in [0, 0.1) is 0 Å². The van der Waals surface area contributed by atoms with Gasteiger partial charge < -0.3 is 14.2 Å². The van der Waals surface area contributed by atoms with Gasteiger partial charge in [0.15, 0.2) is 6.29 Å². The average molecular weight is 287 g/mol. The first-order valence-electron chi connectivity index (χ1n) is 4.84. The monoisotopic (exact) mass is 286 g/mol. The van der Waals surface area contributed by atoms with Crippen LogP contribution in [0.3, 0.4) is 0 Å². The molecular weight excluding hydrogens is 276 g/mol. The van der Waals surface area contributed by atoms with Crippen LogP contribution in [0.4, 0.5) is 0 Å². The Bertz CT molecular complexity index is 399. The van der Waals surface area contributed by atoms with E-state index in [-0.39, 0.29) is 5.97 Å². The molecule has 0 atom stereocenters. The molecule has 0 unspecified atom stereocenters. The Labute approximate surface area is 102 Å². The third-order valence-corrected chi connectivity index (χ3v) is 3.19. The van der Waals surface area contributed by atoms with Gasteiger partial charge in [0.2, 0.25) is 0 Å². The topological polar surface area (TPSA) is 44.8 Å². The van der Waals surface area contributed by atoms with E-state index in [2.05, 4.69) is 20.7 Å². The molecule has 0 spiro atoms. The lowest BCUT2D eigenvalue weighted by molar-refractivity contribution is -0.0446. The highest BCUT2D eigenvalue weighted by Gasteiger charge is 2.23. The van der Waals surface area contributed by atoms with Crippen molar-refractivity contribution in [1.82, 2.24) is 0 Å². The van der Waals surface area contributed by atoms with E-state index in [0.717, 1.165) is 5.56 Å². The Morgan fingerprint density at radius 1 is 1.44 bits per heavy atom. The molecule has 16 heavy (non-hydrogen) atoms. The second kappa shape index (κ2) is 4.95. The molecule has 0 aliphatic carbocycles. The van der Waals surface area contributed by atoms with Gasteiger partial charge >= 0.3 is 5.97 Å². The lowest BCUT2D eigenvalue weighted by Crippen LogP contribution is -2.06. The molecule has 5 heteroatoms. The molecule has 1 saturated heterocycles. The molecule has 86 valence electrons. The Hall–Kier alpha value is -0.910. The molecule has 1 fully saturated rings. The van der Waals surface area contributed by atoms with E-state index in [0.29, 0.717) is 23.2 Å². The first kappa shape index (κ1) is 11.6. The van der Waals surface area contributed by atoms with Crippen molar-refractivity contribution in [2.75, 3.05) is 20.3 Å². The van der Waals surface area contributed by atoms with Crippen molar-refractivity contribution in [2.24, 2.45) is 0 Å². The predicted molar refractivity (Wildman–Crippen MR) is 60.1 cm³/mol. The highest BCUT2D eigenvalue weighted by molar-refractivity contribution is 9.10. The van der Waals surface area contributed by atoms with Gasteiger partial charge in [-0.3, -0.25) is 0 Å². The van der Waals surface area contributed by atoms with Crippen molar-refractivity contribution < 1.29 is 19.0 Å². The van der Waals surface area contributed by atoms with Gasteiger partial charge in [0.25, 0.3) is 0 Å². The minimum Gasteiger partial charge on any atom is -0.465 e. The maximum atomic E-state index is 11.5. The van der Waals surface area contributed by atoms with Crippen LogP contribution in [0.2, 0.25) is 0 Å². The van der Waals surface area contributed by atoms with E-state index in [9.17, 15) is 4.79 Å². The number of carbonyl (C=O) groups is 1. The third-order valence-electron chi connectivity index (χ3n) is 2.31. The number of esters is 1. The van der Waals surface area contributed by atoms with Gasteiger partial charge in [0, 0.05) is 10.0 Å². The zero-order chi connectivity index (χ0) is 11.5. The van der Waals surface area contributed by atoms with Gasteiger partial charge in [-0.15, -0.1) is 0 Å². The summed E-state index contributed by atoms with van der Waals surface area (Å²) in [4.78, 5) is 11.5. The van der Waals surface area contributed by atoms with Gasteiger partial charge in [0.05, 0.1) is 25.9 Å². The van der Waals surface area contributed by atoms with Crippen LogP contribution in [-0.4, -0.2) is 26.3 Å². The standard InChI is InChI=1S/C11H11BrO4/c1-14-10(13)7-3-2-4-8(9(7)12)11-15-5-6-16-11/h2-4,11H,5-6H2,1H3. The Balaban J connectivity index is 2.35. The van der Waals surface area contributed by atoms with Crippen LogP contribution in [0.15, 0.2) is 22.7 Å². The lowest BCUT2D eigenvalue weighted by atomic mass is 10.1. The summed E-state index contributed by atoms with van der Waals surface area (Å²) in [7, 11) is 1.35. The smallest absolute Gasteiger partial charge is 0.339 e. The second-order valence-electron chi connectivity index (χ2n) is 3.27. The highest BCUT2D eigenvalue weighted by Crippen LogP contribution is 2.32. The molecule has 1 aromatic rings. The van der Waals surface area contributed by atoms with Crippen molar-refractivity contribution >= 4 is 21.9 Å². The SMILES string of the molecule is COC(=O)c1cccc(C2OCCO2)c1Br. The molecule has 4 nitrogen and oxygen atoms in total. The molecule has 0 aromatic heterocycles. The Morgan fingerprint density at radius 3 is 2.75 bits per heavy atom. The maximum Gasteiger partial charge on any atom is 0.339 e. The van der Waals surface area contributed by atoms with E-state index < -0.39 is 6.29 Å². The number of carbonyl (C=O) groups excluding carboxylic acids is 1. The van der Waals surface area contributed by atoms with E-state index in [4.69, 9.17) is 9.47 Å². The fourth-order valence-electron chi connectivity index (χ4n) is 1.54. The first-order valence-corrected chi connectivity index (χ1v) is 5.63. The minimum absolute atomic E-state index is 0.383. The van der Waals surface area contributed by atoms with Crippen molar-refractivity contribution in [1.29, 1.82) is 0 Å². The minimum atomic E-state index is -0.404. The van der Waals surface area contributed by atoms with Crippen LogP contribution >= 0.6 is 15.9 Å². The summed E-state index contributed by atoms with van der Waals surface area (Å²) in [6.07, 6.45) is -0.404. The van der Waals surface area contributed by atoms with Crippen molar-refractivity contribution in [3.63, 3.8) is 0 Å². The second-order valence-corrected chi connectivity index (χ2v) is 4.07. The largest absolute Gasteiger partial charge is 0.465 e. The molecule has 0 saturated carbocycles. The number of ether oxygens (including phenoxy) is 3. The van der Waals surface area contributed by atoms with E-state index in [1.165, 1.54) is 7.11 Å². The van der Waals surface area contributed by atoms with Gasteiger partial charge in [0.1, 0.15) is 0 Å². The maximum absolute atomic E-state index is 11.5. The molecule has 1 aliphatic rings. The molecule has 0 radical (unpaired) electrons. The Morgan fingerprint density at radius 2 is 2.12 bits per heavy atom. The van der Waals surface area contributed by atoms with Crippen molar-refractivity contribution in [2.45, 2.75) is 6.29 Å². The number of methoxy groups -OCH3 is 1. The van der Waals surface area contributed by atoms with Crippen LogP contribution in [0.25, 0.3) is 0 Å². The van der Waals surface area contributed by atoms with Crippen LogP contribution in [0.1, 0.15) is 22.2 Å². The fourth-order valence-corrected chi connectivity index (χ4v) is 2.15. The van der Waals surface area contributed by atoms with Gasteiger partial charge in [-0.25, -0.2) is 4.79 Å². The third kappa shape index (κ3) is 2.11. The summed E-state index contributed by atoms with van der Waals surface area (Å²) in [5.74, 6) is -0.383. The molecule has 0 bridgehead atoms. The molecule has 2 rings (SSSR count). The average Bonchev–Trinajstić information content (AvgIpc) is 2.82.